The van der Waals surface area contributed by atoms with Crippen molar-refractivity contribution in [3.05, 3.63) is 10.6 Å². The molecule has 1 unspecified atom stereocenters. The van der Waals surface area contributed by atoms with Gasteiger partial charge in [-0.25, -0.2) is 0 Å². The lowest BCUT2D eigenvalue weighted by molar-refractivity contribution is 0.724. The summed E-state index contributed by atoms with van der Waals surface area (Å²) in [5.41, 5.74) is 2.06. The summed E-state index contributed by atoms with van der Waals surface area (Å²) >= 11 is 11.3. The lowest BCUT2D eigenvalue weighted by Gasteiger charge is -2.07. The molecule has 0 aromatic rings. The van der Waals surface area contributed by atoms with E-state index >= 15 is 0 Å². The molecule has 0 heterocycles. The van der Waals surface area contributed by atoms with Crippen LogP contribution in [0.3, 0.4) is 0 Å². The van der Waals surface area contributed by atoms with Gasteiger partial charge in [0.25, 0.3) is 0 Å². The molecule has 60 valence electrons. The fraction of sp³-hybridized carbons (Fsp3) is 0.714. The minimum Gasteiger partial charge on any atom is -0.0917 e. The zero-order valence-corrected chi connectivity index (χ0v) is 10.0. The Morgan fingerprint density at radius 3 is 2.70 bits per heavy atom. The van der Waals surface area contributed by atoms with Gasteiger partial charge in [-0.05, 0) is 12.0 Å². The molecule has 0 aromatic carbocycles. The van der Waals surface area contributed by atoms with Crippen molar-refractivity contribution in [2.45, 2.75) is 31.7 Å². The molecule has 0 aliphatic heterocycles. The minimum absolute atomic E-state index is 0.569. The molecule has 1 atom stereocenters. The third-order valence-electron chi connectivity index (χ3n) is 1.57. The van der Waals surface area contributed by atoms with Gasteiger partial charge in [0.15, 0.2) is 0 Å². The first-order valence-electron chi connectivity index (χ1n) is 3.68. The molecule has 0 amide bonds. The van der Waals surface area contributed by atoms with Gasteiger partial charge in [0.1, 0.15) is 0 Å². The van der Waals surface area contributed by atoms with Crippen LogP contribution in [0.25, 0.3) is 0 Å². The summed E-state index contributed by atoms with van der Waals surface area (Å²) in [7, 11) is 1.11. The van der Waals surface area contributed by atoms with Gasteiger partial charge in [-0.3, -0.25) is 0 Å². The molecule has 0 rings (SSSR count). The molecular formula is C7H14Cl2Si. The maximum absolute atomic E-state index is 5.82. The van der Waals surface area contributed by atoms with E-state index < -0.39 is 0 Å². The van der Waals surface area contributed by atoms with E-state index in [1.807, 2.05) is 0 Å². The van der Waals surface area contributed by atoms with Crippen molar-refractivity contribution in [1.82, 2.24) is 0 Å². The number of halogens is 2. The van der Waals surface area contributed by atoms with Crippen LogP contribution in [0.5, 0.6) is 0 Å². The average molecular weight is 197 g/mol. The summed E-state index contributed by atoms with van der Waals surface area (Å²) in [6.07, 6.45) is 3.70. The fourth-order valence-electron chi connectivity index (χ4n) is 0.756. The van der Waals surface area contributed by atoms with Gasteiger partial charge in [0.2, 0.25) is 0 Å². The Hall–Kier alpha value is 0.537. The highest BCUT2D eigenvalue weighted by Gasteiger charge is 2.03. The van der Waals surface area contributed by atoms with Gasteiger partial charge in [0.05, 0.1) is 0 Å². The Morgan fingerprint density at radius 1 is 1.70 bits per heavy atom. The Bertz CT molecular complexity index is 112. The maximum atomic E-state index is 5.82. The molecule has 0 nitrogen and oxygen atoms in total. The third-order valence-corrected chi connectivity index (χ3v) is 3.96. The first-order chi connectivity index (χ1) is 4.72. The summed E-state index contributed by atoms with van der Waals surface area (Å²) in [5, 5.41) is 0.835. The van der Waals surface area contributed by atoms with Gasteiger partial charge in [-0.15, -0.1) is 0 Å². The topological polar surface area (TPSA) is 0 Å². The average Bonchev–Trinajstić information content (AvgIpc) is 1.98. The number of unbranched alkanes of at least 4 members (excludes halogenated alkanes) is 1. The van der Waals surface area contributed by atoms with Crippen LogP contribution in [0.4, 0.5) is 0 Å². The monoisotopic (exact) mass is 196 g/mol. The van der Waals surface area contributed by atoms with Gasteiger partial charge in [-0.1, -0.05) is 43.0 Å². The van der Waals surface area contributed by atoms with Crippen LogP contribution >= 0.6 is 23.2 Å². The van der Waals surface area contributed by atoms with Crippen molar-refractivity contribution in [2.24, 2.45) is 0 Å². The normalized spacial score (nSPS) is 15.7. The molecule has 0 aromatic heterocycles. The zero-order chi connectivity index (χ0) is 7.98. The second-order valence-corrected chi connectivity index (χ2v) is 4.59. The second kappa shape index (κ2) is 6.26. The predicted molar refractivity (Wildman–Crippen MR) is 53.0 cm³/mol. The number of rotatable bonds is 4. The van der Waals surface area contributed by atoms with E-state index in [1.165, 1.54) is 24.8 Å². The van der Waals surface area contributed by atoms with E-state index in [4.69, 9.17) is 23.2 Å². The molecule has 10 heavy (non-hydrogen) atoms. The second-order valence-electron chi connectivity index (χ2n) is 2.54. The van der Waals surface area contributed by atoms with Crippen LogP contribution in [-0.4, -0.2) is 10.2 Å². The Balaban J connectivity index is 3.51. The molecule has 0 spiro atoms. The van der Waals surface area contributed by atoms with Gasteiger partial charge in [-0.2, -0.15) is 0 Å². The van der Waals surface area contributed by atoms with Crippen molar-refractivity contribution in [2.75, 3.05) is 0 Å². The molecule has 0 aliphatic carbocycles. The van der Waals surface area contributed by atoms with Gasteiger partial charge in [0, 0.05) is 20.8 Å². The summed E-state index contributed by atoms with van der Waals surface area (Å²) in [4.78, 5) is 0. The Morgan fingerprint density at radius 2 is 2.30 bits per heavy atom. The number of hydrogen-bond donors (Lipinski definition) is 0. The first kappa shape index (κ1) is 10.5. The zero-order valence-electron chi connectivity index (χ0n) is 6.53. The highest BCUT2D eigenvalue weighted by molar-refractivity contribution is 6.40. The quantitative estimate of drug-likeness (QED) is 0.608. The van der Waals surface area contributed by atoms with Gasteiger partial charge >= 0.3 is 0 Å². The van der Waals surface area contributed by atoms with Crippen LogP contribution in [0.2, 0.25) is 5.54 Å². The molecule has 0 saturated carbocycles. The largest absolute Gasteiger partial charge is 0.0917 e. The third kappa shape index (κ3) is 4.37. The van der Waals surface area contributed by atoms with Crippen LogP contribution in [0, 0.1) is 0 Å². The summed E-state index contributed by atoms with van der Waals surface area (Å²) in [5.74, 6) is 0. The summed E-state index contributed by atoms with van der Waals surface area (Å²) < 4.78 is 0. The van der Waals surface area contributed by atoms with Gasteiger partial charge < -0.3 is 0 Å². The summed E-state index contributed by atoms with van der Waals surface area (Å²) in [6.45, 7) is 2.19. The van der Waals surface area contributed by atoms with Crippen molar-refractivity contribution in [3.8, 4) is 0 Å². The molecule has 0 radical (unpaired) electrons. The predicted octanol–water partition coefficient (Wildman–Crippen LogP) is 2.65. The van der Waals surface area contributed by atoms with E-state index in [2.05, 4.69) is 6.92 Å². The number of hydrogen-bond acceptors (Lipinski definition) is 0. The lowest BCUT2D eigenvalue weighted by Crippen LogP contribution is -1.91. The smallest absolute Gasteiger partial charge is 0.0288 e. The lowest BCUT2D eigenvalue weighted by atomic mass is 10.2. The highest BCUT2D eigenvalue weighted by atomic mass is 35.5. The molecule has 0 N–H and O–H groups in total. The van der Waals surface area contributed by atoms with E-state index in [9.17, 15) is 0 Å². The van der Waals surface area contributed by atoms with Crippen LogP contribution in [0.15, 0.2) is 10.6 Å². The van der Waals surface area contributed by atoms with E-state index in [0.717, 1.165) is 15.3 Å². The highest BCUT2D eigenvalue weighted by Crippen LogP contribution is 2.24. The fourth-order valence-corrected chi connectivity index (χ4v) is 1.87. The van der Waals surface area contributed by atoms with Crippen LogP contribution in [-0.2, 0) is 0 Å². The maximum Gasteiger partial charge on any atom is 0.0288 e. The van der Waals surface area contributed by atoms with E-state index in [-0.39, 0.29) is 0 Å². The van der Waals surface area contributed by atoms with Crippen LogP contribution in [0.1, 0.15) is 26.2 Å². The molecule has 3 heteroatoms. The molecule has 0 fully saturated rings. The Labute approximate surface area is 76.0 Å². The van der Waals surface area contributed by atoms with Crippen molar-refractivity contribution >= 4 is 33.4 Å². The molecule has 0 bridgehead atoms. The van der Waals surface area contributed by atoms with Crippen molar-refractivity contribution in [1.29, 1.82) is 0 Å². The molecule has 0 aliphatic rings. The van der Waals surface area contributed by atoms with E-state index in [1.54, 1.807) is 0 Å². The SMILES string of the molecule is CCCCC([SiH3])C(Cl)=CCl. The molecule has 0 saturated heterocycles. The number of allylic oxidation sites excluding steroid dienone is 1. The Kier molecular flexibility index (Phi) is 6.60. The standard InChI is InChI=1S/C7H14Cl2Si/c1-2-3-4-7(10)6(9)5-8/h5,7H,2-4H2,1,10H3. The van der Waals surface area contributed by atoms with Crippen molar-refractivity contribution in [3.63, 3.8) is 0 Å². The first-order valence-corrected chi connectivity index (χ1v) is 5.65. The minimum atomic E-state index is 0.569. The molecular weight excluding hydrogens is 183 g/mol. The van der Waals surface area contributed by atoms with E-state index in [0.29, 0.717) is 5.54 Å². The van der Waals surface area contributed by atoms with Crippen molar-refractivity contribution < 1.29 is 0 Å². The van der Waals surface area contributed by atoms with Crippen LogP contribution < -0.4 is 0 Å². The summed E-state index contributed by atoms with van der Waals surface area (Å²) in [6, 6.07) is 0.